The highest BCUT2D eigenvalue weighted by molar-refractivity contribution is 5.13. The van der Waals surface area contributed by atoms with E-state index in [-0.39, 0.29) is 6.61 Å². The molecule has 0 rings (SSSR count). The Kier molecular flexibility index (Phi) is 4.89. The number of aliphatic hydroxyl groups excluding tert-OH is 2. The Hall–Kier alpha value is -0.600. The lowest BCUT2D eigenvalue weighted by molar-refractivity contribution is 0.122. The first-order valence-corrected chi connectivity index (χ1v) is 3.30. The first-order chi connectivity index (χ1) is 4.72. The lowest BCUT2D eigenvalue weighted by atomic mass is 10.1. The van der Waals surface area contributed by atoms with Gasteiger partial charge in [-0.05, 0) is 19.4 Å². The van der Waals surface area contributed by atoms with Crippen LogP contribution in [0.4, 0.5) is 0 Å². The van der Waals surface area contributed by atoms with Crippen molar-refractivity contribution >= 4 is 0 Å². The third kappa shape index (κ3) is 3.43. The quantitative estimate of drug-likeness (QED) is 0.574. The van der Waals surface area contributed by atoms with Gasteiger partial charge in [0.25, 0.3) is 0 Å². The highest BCUT2D eigenvalue weighted by atomic mass is 16.3. The van der Waals surface area contributed by atoms with E-state index in [0.717, 1.165) is 5.57 Å². The molecule has 58 valence electrons. The van der Waals surface area contributed by atoms with E-state index in [9.17, 15) is 0 Å². The molecule has 0 spiro atoms. The molecule has 2 heteroatoms. The van der Waals surface area contributed by atoms with Crippen molar-refractivity contribution in [2.24, 2.45) is 0 Å². The van der Waals surface area contributed by atoms with Crippen LogP contribution in [0.3, 0.4) is 0 Å². The Labute approximate surface area is 61.5 Å². The summed E-state index contributed by atoms with van der Waals surface area (Å²) in [6.07, 6.45) is 4.76. The standard InChI is InChI=1S/C8H14O2/c1-3-4-5-7(2)8(10)6-9/h3-5,8-10H,6H2,1-2H3/b4-3+,7-5+. The van der Waals surface area contributed by atoms with Crippen LogP contribution in [0.1, 0.15) is 13.8 Å². The summed E-state index contributed by atoms with van der Waals surface area (Å²) in [7, 11) is 0. The van der Waals surface area contributed by atoms with Crippen molar-refractivity contribution in [3.63, 3.8) is 0 Å². The van der Waals surface area contributed by atoms with Crippen LogP contribution in [0.2, 0.25) is 0 Å². The number of hydrogen-bond acceptors (Lipinski definition) is 2. The molecule has 1 atom stereocenters. The molecule has 1 unspecified atom stereocenters. The molecule has 0 aliphatic rings. The summed E-state index contributed by atoms with van der Waals surface area (Å²) < 4.78 is 0. The van der Waals surface area contributed by atoms with Crippen LogP contribution in [0, 0.1) is 0 Å². The van der Waals surface area contributed by atoms with Gasteiger partial charge in [-0.3, -0.25) is 0 Å². The monoisotopic (exact) mass is 142 g/mol. The van der Waals surface area contributed by atoms with Crippen molar-refractivity contribution in [2.45, 2.75) is 20.0 Å². The molecule has 0 saturated heterocycles. The van der Waals surface area contributed by atoms with E-state index in [0.29, 0.717) is 0 Å². The first-order valence-electron chi connectivity index (χ1n) is 3.30. The highest BCUT2D eigenvalue weighted by Crippen LogP contribution is 1.99. The summed E-state index contributed by atoms with van der Waals surface area (Å²) in [5, 5.41) is 17.5. The fourth-order valence-corrected chi connectivity index (χ4v) is 0.503. The Balaban J connectivity index is 3.91. The van der Waals surface area contributed by atoms with E-state index >= 15 is 0 Å². The molecule has 10 heavy (non-hydrogen) atoms. The van der Waals surface area contributed by atoms with Crippen LogP contribution in [-0.2, 0) is 0 Å². The van der Waals surface area contributed by atoms with E-state index in [4.69, 9.17) is 10.2 Å². The topological polar surface area (TPSA) is 40.5 Å². The average Bonchev–Trinajstić information content (AvgIpc) is 1.98. The summed E-state index contributed by atoms with van der Waals surface area (Å²) in [5.41, 5.74) is 0.778. The minimum absolute atomic E-state index is 0.208. The van der Waals surface area contributed by atoms with Gasteiger partial charge >= 0.3 is 0 Å². The Morgan fingerprint density at radius 1 is 1.60 bits per heavy atom. The average molecular weight is 142 g/mol. The number of aliphatic hydroxyl groups is 2. The largest absolute Gasteiger partial charge is 0.393 e. The predicted molar refractivity (Wildman–Crippen MR) is 41.7 cm³/mol. The number of allylic oxidation sites excluding steroid dienone is 3. The zero-order valence-corrected chi connectivity index (χ0v) is 6.41. The lowest BCUT2D eigenvalue weighted by Gasteiger charge is -2.04. The molecule has 0 bridgehead atoms. The Morgan fingerprint density at radius 3 is 2.60 bits per heavy atom. The molecule has 0 heterocycles. The smallest absolute Gasteiger partial charge is 0.0981 e. The molecule has 0 saturated carbocycles. The summed E-state index contributed by atoms with van der Waals surface area (Å²) in [5.74, 6) is 0. The molecule has 0 fully saturated rings. The SMILES string of the molecule is C/C=C/C=C(\C)C(O)CO. The second kappa shape index (κ2) is 5.21. The highest BCUT2D eigenvalue weighted by Gasteiger charge is 2.00. The van der Waals surface area contributed by atoms with Crippen LogP contribution in [0.25, 0.3) is 0 Å². The molecule has 0 aromatic carbocycles. The second-order valence-electron chi connectivity index (χ2n) is 2.13. The molecule has 0 aromatic rings. The molecule has 0 amide bonds. The van der Waals surface area contributed by atoms with Gasteiger partial charge in [-0.15, -0.1) is 0 Å². The fourth-order valence-electron chi connectivity index (χ4n) is 0.503. The van der Waals surface area contributed by atoms with Crippen molar-refractivity contribution < 1.29 is 10.2 Å². The fraction of sp³-hybridized carbons (Fsp3) is 0.500. The number of hydrogen-bond donors (Lipinski definition) is 2. The normalized spacial score (nSPS) is 16.2. The van der Waals surface area contributed by atoms with Crippen LogP contribution in [0.5, 0.6) is 0 Å². The maximum absolute atomic E-state index is 9.00. The van der Waals surface area contributed by atoms with Crippen molar-refractivity contribution in [1.29, 1.82) is 0 Å². The van der Waals surface area contributed by atoms with Gasteiger partial charge in [0.1, 0.15) is 0 Å². The lowest BCUT2D eigenvalue weighted by Crippen LogP contribution is -2.12. The van der Waals surface area contributed by atoms with Crippen molar-refractivity contribution in [1.82, 2.24) is 0 Å². The van der Waals surface area contributed by atoms with Crippen molar-refractivity contribution in [2.75, 3.05) is 6.61 Å². The Bertz CT molecular complexity index is 136. The summed E-state index contributed by atoms with van der Waals surface area (Å²) >= 11 is 0. The second-order valence-corrected chi connectivity index (χ2v) is 2.13. The molecule has 0 aliphatic carbocycles. The van der Waals surface area contributed by atoms with Gasteiger partial charge in [0.2, 0.25) is 0 Å². The molecular weight excluding hydrogens is 128 g/mol. The molecule has 0 radical (unpaired) electrons. The van der Waals surface area contributed by atoms with Crippen molar-refractivity contribution in [3.8, 4) is 0 Å². The summed E-state index contributed by atoms with van der Waals surface area (Å²) in [6, 6.07) is 0. The third-order valence-electron chi connectivity index (χ3n) is 1.25. The van der Waals surface area contributed by atoms with Gasteiger partial charge in [-0.1, -0.05) is 18.2 Å². The maximum Gasteiger partial charge on any atom is 0.0981 e. The van der Waals surface area contributed by atoms with E-state index in [1.807, 2.05) is 19.1 Å². The molecule has 2 nitrogen and oxygen atoms in total. The predicted octanol–water partition coefficient (Wildman–Crippen LogP) is 0.862. The van der Waals surface area contributed by atoms with Crippen LogP contribution in [-0.4, -0.2) is 22.9 Å². The van der Waals surface area contributed by atoms with Gasteiger partial charge in [0.05, 0.1) is 12.7 Å². The third-order valence-corrected chi connectivity index (χ3v) is 1.25. The van der Waals surface area contributed by atoms with Crippen LogP contribution < -0.4 is 0 Å². The number of rotatable bonds is 3. The van der Waals surface area contributed by atoms with Crippen LogP contribution in [0.15, 0.2) is 23.8 Å². The molecule has 2 N–H and O–H groups in total. The van der Waals surface area contributed by atoms with Gasteiger partial charge < -0.3 is 10.2 Å². The minimum Gasteiger partial charge on any atom is -0.393 e. The first kappa shape index (κ1) is 9.40. The molecule has 0 aliphatic heterocycles. The van der Waals surface area contributed by atoms with Gasteiger partial charge in [0, 0.05) is 0 Å². The maximum atomic E-state index is 9.00. The Morgan fingerprint density at radius 2 is 2.20 bits per heavy atom. The van der Waals surface area contributed by atoms with Gasteiger partial charge in [-0.25, -0.2) is 0 Å². The molecular formula is C8H14O2. The molecule has 0 aromatic heterocycles. The van der Waals surface area contributed by atoms with E-state index in [1.54, 1.807) is 13.0 Å². The minimum atomic E-state index is -0.712. The summed E-state index contributed by atoms with van der Waals surface area (Å²) in [6.45, 7) is 3.47. The van der Waals surface area contributed by atoms with Crippen LogP contribution >= 0.6 is 0 Å². The van der Waals surface area contributed by atoms with Gasteiger partial charge in [0.15, 0.2) is 0 Å². The zero-order valence-electron chi connectivity index (χ0n) is 6.41. The van der Waals surface area contributed by atoms with Crippen molar-refractivity contribution in [3.05, 3.63) is 23.8 Å². The summed E-state index contributed by atoms with van der Waals surface area (Å²) in [4.78, 5) is 0. The van der Waals surface area contributed by atoms with E-state index in [1.165, 1.54) is 0 Å². The van der Waals surface area contributed by atoms with E-state index in [2.05, 4.69) is 0 Å². The van der Waals surface area contributed by atoms with Gasteiger partial charge in [-0.2, -0.15) is 0 Å². The zero-order chi connectivity index (χ0) is 7.98. The van der Waals surface area contributed by atoms with E-state index < -0.39 is 6.10 Å².